The Balaban J connectivity index is 1.47. The van der Waals surface area contributed by atoms with Crippen LogP contribution in [0.15, 0.2) is 29.1 Å². The molecule has 1 aromatic heterocycles. The normalized spacial score (nSPS) is 17.9. The van der Waals surface area contributed by atoms with E-state index in [9.17, 15) is 9.59 Å². The van der Waals surface area contributed by atoms with Crippen molar-refractivity contribution in [1.82, 2.24) is 25.2 Å². The number of rotatable bonds is 7. The number of hydrogen-bond donors (Lipinski definition) is 1. The second kappa shape index (κ2) is 8.20. The Labute approximate surface area is 147 Å². The summed E-state index contributed by atoms with van der Waals surface area (Å²) in [5, 5.41) is 11.6. The van der Waals surface area contributed by atoms with Gasteiger partial charge in [-0.2, -0.15) is 0 Å². The molecule has 25 heavy (non-hydrogen) atoms. The molecule has 1 fully saturated rings. The molecule has 134 valence electrons. The number of carbonyl (C=O) groups is 1. The molecule has 1 aliphatic rings. The number of aromatic nitrogens is 3. The smallest absolute Gasteiger partial charge is 0.277 e. The Hall–Kier alpha value is -2.28. The van der Waals surface area contributed by atoms with Crippen molar-refractivity contribution >= 4 is 16.8 Å². The molecule has 1 N–H and O–H groups in total. The molecule has 2 heterocycles. The first-order chi connectivity index (χ1) is 12.2. The number of likely N-dealkylation sites (tertiary alicyclic amines) is 1. The number of benzene rings is 1. The molecule has 3 rings (SSSR count). The molecule has 1 unspecified atom stereocenters. The van der Waals surface area contributed by atoms with Crippen molar-refractivity contribution in [3.8, 4) is 0 Å². The van der Waals surface area contributed by atoms with E-state index in [1.807, 2.05) is 12.1 Å². The van der Waals surface area contributed by atoms with E-state index >= 15 is 0 Å². The minimum atomic E-state index is -0.157. The summed E-state index contributed by atoms with van der Waals surface area (Å²) >= 11 is 0. The summed E-state index contributed by atoms with van der Waals surface area (Å²) in [5.74, 6) is 0.0322. The van der Waals surface area contributed by atoms with Crippen LogP contribution in [0.4, 0.5) is 0 Å². The molecule has 0 bridgehead atoms. The predicted octanol–water partition coefficient (Wildman–Crippen LogP) is 1.17. The lowest BCUT2D eigenvalue weighted by atomic mass is 10.2. The average Bonchev–Trinajstić information content (AvgIpc) is 3.10. The average molecular weight is 343 g/mol. The van der Waals surface area contributed by atoms with Crippen molar-refractivity contribution in [3.05, 3.63) is 34.6 Å². The summed E-state index contributed by atoms with van der Waals surface area (Å²) in [6.45, 7) is 5.42. The van der Waals surface area contributed by atoms with Crippen molar-refractivity contribution in [2.45, 2.75) is 45.2 Å². The third-order valence-electron chi connectivity index (χ3n) is 4.84. The van der Waals surface area contributed by atoms with Crippen LogP contribution in [0, 0.1) is 0 Å². The molecule has 0 saturated carbocycles. The van der Waals surface area contributed by atoms with Crippen LogP contribution in [0.2, 0.25) is 0 Å². The largest absolute Gasteiger partial charge is 0.355 e. The molecule has 1 amide bonds. The summed E-state index contributed by atoms with van der Waals surface area (Å²) in [6, 6.07) is 7.62. The van der Waals surface area contributed by atoms with E-state index < -0.39 is 0 Å². The minimum absolute atomic E-state index is 0.0322. The van der Waals surface area contributed by atoms with E-state index in [1.165, 1.54) is 11.1 Å². The molecule has 0 radical (unpaired) electrons. The van der Waals surface area contributed by atoms with E-state index in [2.05, 4.69) is 27.5 Å². The number of hydrogen-bond acceptors (Lipinski definition) is 5. The number of fused-ring (bicyclic) bond motifs is 1. The number of nitrogens with zero attached hydrogens (tertiary/aromatic N) is 4. The van der Waals surface area contributed by atoms with Gasteiger partial charge in [-0.05, 0) is 44.5 Å². The van der Waals surface area contributed by atoms with Crippen LogP contribution in [0.25, 0.3) is 10.9 Å². The second-order valence-corrected chi connectivity index (χ2v) is 6.47. The molecular weight excluding hydrogens is 318 g/mol. The van der Waals surface area contributed by atoms with Gasteiger partial charge in [0.15, 0.2) is 0 Å². The van der Waals surface area contributed by atoms with Crippen LogP contribution in [-0.4, -0.2) is 51.5 Å². The number of likely N-dealkylation sites (N-methyl/N-ethyl adjacent to an activating group) is 1. The van der Waals surface area contributed by atoms with Gasteiger partial charge in [-0.3, -0.25) is 14.5 Å². The van der Waals surface area contributed by atoms with Gasteiger partial charge >= 0.3 is 0 Å². The maximum absolute atomic E-state index is 12.3. The van der Waals surface area contributed by atoms with Gasteiger partial charge in [-0.15, -0.1) is 5.10 Å². The van der Waals surface area contributed by atoms with Crippen molar-refractivity contribution in [2.24, 2.45) is 0 Å². The standard InChI is InChI=1S/C18H25N5O2/c1-2-22-11-5-7-14(22)13-19-17(24)10-6-12-23-18(25)15-8-3-4-9-16(15)20-21-23/h3-4,8-9,14H,2,5-7,10-13H2,1H3,(H,19,24). The molecule has 7 heteroatoms. The quantitative estimate of drug-likeness (QED) is 0.816. The Morgan fingerprint density at radius 3 is 3.04 bits per heavy atom. The second-order valence-electron chi connectivity index (χ2n) is 6.47. The highest BCUT2D eigenvalue weighted by atomic mass is 16.1. The van der Waals surface area contributed by atoms with E-state index in [4.69, 9.17) is 0 Å². The van der Waals surface area contributed by atoms with Gasteiger partial charge in [0.05, 0.1) is 5.39 Å². The topological polar surface area (TPSA) is 80.1 Å². The first-order valence-electron chi connectivity index (χ1n) is 9.02. The lowest BCUT2D eigenvalue weighted by Crippen LogP contribution is -2.40. The van der Waals surface area contributed by atoms with E-state index in [0.29, 0.717) is 42.9 Å². The number of amides is 1. The van der Waals surface area contributed by atoms with E-state index in [-0.39, 0.29) is 11.5 Å². The minimum Gasteiger partial charge on any atom is -0.355 e. The van der Waals surface area contributed by atoms with Gasteiger partial charge in [0.2, 0.25) is 5.91 Å². The molecule has 1 aliphatic heterocycles. The summed E-state index contributed by atoms with van der Waals surface area (Å²) in [6.07, 6.45) is 3.31. The number of nitrogens with one attached hydrogen (secondary N) is 1. The van der Waals surface area contributed by atoms with Gasteiger partial charge in [-0.1, -0.05) is 24.3 Å². The molecule has 7 nitrogen and oxygen atoms in total. The maximum Gasteiger partial charge on any atom is 0.277 e. The first kappa shape index (κ1) is 17.5. The lowest BCUT2D eigenvalue weighted by molar-refractivity contribution is -0.121. The third-order valence-corrected chi connectivity index (χ3v) is 4.84. The Kier molecular flexibility index (Phi) is 5.75. The third kappa shape index (κ3) is 4.22. The van der Waals surface area contributed by atoms with Gasteiger partial charge in [0, 0.05) is 25.6 Å². The Morgan fingerprint density at radius 2 is 2.20 bits per heavy atom. The first-order valence-corrected chi connectivity index (χ1v) is 9.02. The summed E-state index contributed by atoms with van der Waals surface area (Å²) < 4.78 is 1.34. The maximum atomic E-state index is 12.3. The van der Waals surface area contributed by atoms with E-state index in [1.54, 1.807) is 12.1 Å². The fourth-order valence-electron chi connectivity index (χ4n) is 3.42. The molecule has 1 aromatic carbocycles. The fourth-order valence-corrected chi connectivity index (χ4v) is 3.42. The fraction of sp³-hybridized carbons (Fsp3) is 0.556. The monoisotopic (exact) mass is 343 g/mol. The molecule has 1 atom stereocenters. The SMILES string of the molecule is CCN1CCCC1CNC(=O)CCCn1nnc2ccccc2c1=O. The van der Waals surface area contributed by atoms with Crippen molar-refractivity contribution in [2.75, 3.05) is 19.6 Å². The highest BCUT2D eigenvalue weighted by Gasteiger charge is 2.22. The summed E-state index contributed by atoms with van der Waals surface area (Å²) in [5.41, 5.74) is 0.439. The highest BCUT2D eigenvalue weighted by molar-refractivity contribution is 5.76. The lowest BCUT2D eigenvalue weighted by Gasteiger charge is -2.22. The molecule has 0 aliphatic carbocycles. The Morgan fingerprint density at radius 1 is 1.36 bits per heavy atom. The van der Waals surface area contributed by atoms with Crippen LogP contribution in [0.3, 0.4) is 0 Å². The summed E-state index contributed by atoms with van der Waals surface area (Å²) in [7, 11) is 0. The number of carbonyl (C=O) groups excluding carboxylic acids is 1. The molecular formula is C18H25N5O2. The van der Waals surface area contributed by atoms with Crippen LogP contribution in [0.1, 0.15) is 32.6 Å². The van der Waals surface area contributed by atoms with Crippen molar-refractivity contribution < 1.29 is 4.79 Å². The molecule has 0 spiro atoms. The van der Waals surface area contributed by atoms with Crippen molar-refractivity contribution in [3.63, 3.8) is 0 Å². The Bertz CT molecular complexity index is 788. The predicted molar refractivity (Wildman–Crippen MR) is 96.3 cm³/mol. The number of aryl methyl sites for hydroxylation is 1. The molecule has 1 saturated heterocycles. The van der Waals surface area contributed by atoms with Crippen molar-refractivity contribution in [1.29, 1.82) is 0 Å². The van der Waals surface area contributed by atoms with Gasteiger partial charge < -0.3 is 5.32 Å². The molecule has 2 aromatic rings. The zero-order chi connectivity index (χ0) is 17.6. The van der Waals surface area contributed by atoms with Gasteiger partial charge in [-0.25, -0.2) is 4.68 Å². The van der Waals surface area contributed by atoms with Gasteiger partial charge in [0.1, 0.15) is 5.52 Å². The highest BCUT2D eigenvalue weighted by Crippen LogP contribution is 2.15. The van der Waals surface area contributed by atoms with Gasteiger partial charge in [0.25, 0.3) is 5.56 Å². The zero-order valence-corrected chi connectivity index (χ0v) is 14.6. The van der Waals surface area contributed by atoms with Crippen LogP contribution < -0.4 is 10.9 Å². The van der Waals surface area contributed by atoms with Crippen LogP contribution in [0.5, 0.6) is 0 Å². The van der Waals surface area contributed by atoms with E-state index in [0.717, 1.165) is 19.5 Å². The van der Waals surface area contributed by atoms with Crippen LogP contribution >= 0.6 is 0 Å². The summed E-state index contributed by atoms with van der Waals surface area (Å²) in [4.78, 5) is 26.8. The van der Waals surface area contributed by atoms with Crippen LogP contribution in [-0.2, 0) is 11.3 Å². The zero-order valence-electron chi connectivity index (χ0n) is 14.6.